The second kappa shape index (κ2) is 40.1. The van der Waals surface area contributed by atoms with Gasteiger partial charge in [-0.1, -0.05) is 93.7 Å². The summed E-state index contributed by atoms with van der Waals surface area (Å²) in [6, 6.07) is 44.2. The third-order valence-corrected chi connectivity index (χ3v) is 12.5. The van der Waals surface area contributed by atoms with Crippen LogP contribution in [-0.2, 0) is 96.4 Å². The minimum absolute atomic E-state index is 0. The van der Waals surface area contributed by atoms with E-state index in [9.17, 15) is 54.3 Å². The standard InChI is InChI=1S/C18H16F4O3.C18H19FO3.C17H16F2O3.C17H17FO3.2CH4/c1-2-24-17(23)9-13-5-8-15(10-16(13)18(20,21)22)25-11-12-3-6-14(19)7-4-12;1-3-21-18(20)11-15-6-9-17(10-13(15)2)22-12-14-4-7-16(19)8-5-14;1-2-21-17(20)9-13-5-8-15(10-16(13)19)22-11-12-3-6-14(18)7-4-12;1-2-20-17(19)11-13-5-9-16(10-6-13)21-12-14-3-7-15(18)8-4-14;;/h3-8,10H,2,9,11H2,1H3;4-10H,3,11-12H2,1-2H3;3-8,10H,2,9,11H2,1H3;3-10H,2,11-12H2,1H3;2*1H4. The van der Waals surface area contributed by atoms with Crippen LogP contribution in [0.3, 0.4) is 0 Å². The van der Waals surface area contributed by atoms with Crippen molar-refractivity contribution in [3.63, 3.8) is 0 Å². The number of benzene rings is 8. The number of carbonyl (C=O) groups is 4. The number of ether oxygens (including phenoxy) is 8. The minimum Gasteiger partial charge on any atom is -0.489 e. The number of aryl methyl sites for hydroxylation is 1. The molecule has 0 aliphatic rings. The lowest BCUT2D eigenvalue weighted by Gasteiger charge is -2.15. The van der Waals surface area contributed by atoms with Crippen molar-refractivity contribution in [3.05, 3.63) is 261 Å². The molecule has 0 amide bonds. The van der Waals surface area contributed by atoms with Gasteiger partial charge in [-0.2, -0.15) is 13.2 Å². The molecule has 0 radical (unpaired) electrons. The fourth-order valence-corrected chi connectivity index (χ4v) is 7.96. The highest BCUT2D eigenvalue weighted by atomic mass is 19.4. The van der Waals surface area contributed by atoms with E-state index in [1.54, 1.807) is 82.3 Å². The van der Waals surface area contributed by atoms with E-state index in [4.69, 9.17) is 37.9 Å². The molecule has 0 atom stereocenters. The number of rotatable bonds is 24. The second-order valence-corrected chi connectivity index (χ2v) is 19.4. The summed E-state index contributed by atoms with van der Waals surface area (Å²) in [4.78, 5) is 45.7. The third kappa shape index (κ3) is 28.4. The predicted molar refractivity (Wildman–Crippen MR) is 333 cm³/mol. The van der Waals surface area contributed by atoms with Crippen LogP contribution >= 0.6 is 0 Å². The summed E-state index contributed by atoms with van der Waals surface area (Å²) < 4.78 is 146. The van der Waals surface area contributed by atoms with Crippen molar-refractivity contribution in [1.29, 1.82) is 0 Å². The van der Waals surface area contributed by atoms with E-state index in [1.807, 2.05) is 37.3 Å². The van der Waals surface area contributed by atoms with E-state index in [0.717, 1.165) is 45.2 Å². The first kappa shape index (κ1) is 76.5. The summed E-state index contributed by atoms with van der Waals surface area (Å²) in [5.74, 6) is -1.68. The summed E-state index contributed by atoms with van der Waals surface area (Å²) in [7, 11) is 0. The van der Waals surface area contributed by atoms with Crippen molar-refractivity contribution in [1.82, 2.24) is 0 Å². The molecular formula is C72H76F8O12. The Kier molecular flexibility index (Phi) is 33.4. The lowest BCUT2D eigenvalue weighted by Crippen LogP contribution is -2.14. The van der Waals surface area contributed by atoms with Crippen LogP contribution in [0.15, 0.2) is 176 Å². The summed E-state index contributed by atoms with van der Waals surface area (Å²) in [6.07, 6.45) is -4.69. The molecule has 8 aromatic rings. The van der Waals surface area contributed by atoms with Crippen LogP contribution in [0.1, 0.15) is 98.2 Å². The van der Waals surface area contributed by atoms with E-state index in [0.29, 0.717) is 43.5 Å². The van der Waals surface area contributed by atoms with E-state index >= 15 is 0 Å². The Labute approximate surface area is 531 Å². The van der Waals surface area contributed by atoms with Crippen LogP contribution in [0.25, 0.3) is 0 Å². The van der Waals surface area contributed by atoms with E-state index in [2.05, 4.69) is 0 Å². The van der Waals surface area contributed by atoms with Gasteiger partial charge < -0.3 is 37.9 Å². The maximum Gasteiger partial charge on any atom is 0.416 e. The van der Waals surface area contributed by atoms with E-state index in [-0.39, 0.29) is 107 Å². The lowest BCUT2D eigenvalue weighted by molar-refractivity contribution is -0.144. The topological polar surface area (TPSA) is 142 Å². The highest BCUT2D eigenvalue weighted by Crippen LogP contribution is 2.35. The molecule has 0 fully saturated rings. The zero-order chi connectivity index (χ0) is 65.4. The molecule has 0 spiro atoms. The van der Waals surface area contributed by atoms with Gasteiger partial charge in [0.25, 0.3) is 0 Å². The summed E-state index contributed by atoms with van der Waals surface area (Å²) >= 11 is 0. The van der Waals surface area contributed by atoms with Gasteiger partial charge in [-0.15, -0.1) is 0 Å². The Morgan fingerprint density at radius 3 is 0.967 bits per heavy atom. The number of hydrogen-bond donors (Lipinski definition) is 0. The van der Waals surface area contributed by atoms with Crippen LogP contribution in [-0.4, -0.2) is 50.3 Å². The molecule has 0 heterocycles. The smallest absolute Gasteiger partial charge is 0.416 e. The molecule has 0 aliphatic heterocycles. The fourth-order valence-electron chi connectivity index (χ4n) is 7.96. The van der Waals surface area contributed by atoms with Crippen molar-refractivity contribution < 1.29 is 92.2 Å². The third-order valence-electron chi connectivity index (χ3n) is 12.5. The van der Waals surface area contributed by atoms with Gasteiger partial charge in [0.15, 0.2) is 0 Å². The molecule has 0 saturated carbocycles. The molecule has 0 saturated heterocycles. The van der Waals surface area contributed by atoms with Gasteiger partial charge >= 0.3 is 30.1 Å². The maximum absolute atomic E-state index is 13.9. The van der Waals surface area contributed by atoms with Gasteiger partial charge in [0.1, 0.15) is 78.5 Å². The Hall–Kier alpha value is -9.72. The number of hydrogen-bond acceptors (Lipinski definition) is 12. The molecule has 12 nitrogen and oxygen atoms in total. The van der Waals surface area contributed by atoms with Crippen LogP contribution in [0.2, 0.25) is 0 Å². The predicted octanol–water partition coefficient (Wildman–Crippen LogP) is 16.8. The number of halogens is 8. The first-order chi connectivity index (χ1) is 43.1. The molecular weight excluding hydrogens is 1210 g/mol. The number of alkyl halides is 3. The molecule has 0 bridgehead atoms. The monoisotopic (exact) mass is 1280 g/mol. The molecule has 8 aromatic carbocycles. The Bertz CT molecular complexity index is 3390. The van der Waals surface area contributed by atoms with Crippen molar-refractivity contribution >= 4 is 23.9 Å². The molecule has 0 N–H and O–H groups in total. The van der Waals surface area contributed by atoms with E-state index < -0.39 is 41.7 Å². The molecule has 0 aromatic heterocycles. The van der Waals surface area contributed by atoms with Crippen molar-refractivity contribution in [2.75, 3.05) is 26.4 Å². The zero-order valence-electron chi connectivity index (χ0n) is 50.2. The van der Waals surface area contributed by atoms with Gasteiger partial charge in [-0.25, -0.2) is 22.0 Å². The molecule has 0 unspecified atom stereocenters. The van der Waals surface area contributed by atoms with E-state index in [1.165, 1.54) is 84.9 Å². The van der Waals surface area contributed by atoms with Crippen LogP contribution in [0.4, 0.5) is 35.1 Å². The maximum atomic E-state index is 13.9. The highest BCUT2D eigenvalue weighted by molar-refractivity contribution is 5.74. The lowest BCUT2D eigenvalue weighted by atomic mass is 10.0. The second-order valence-electron chi connectivity index (χ2n) is 19.4. The first-order valence-corrected chi connectivity index (χ1v) is 28.4. The fraction of sp³-hybridized carbons (Fsp3) is 0.278. The Morgan fingerprint density at radius 1 is 0.337 bits per heavy atom. The van der Waals surface area contributed by atoms with Crippen molar-refractivity contribution in [2.45, 2.75) is 108 Å². The van der Waals surface area contributed by atoms with Gasteiger partial charge in [0, 0.05) is 6.07 Å². The molecule has 8 rings (SSSR count). The summed E-state index contributed by atoms with van der Waals surface area (Å²) in [6.45, 7) is 10.9. The van der Waals surface area contributed by atoms with Crippen LogP contribution in [0.5, 0.6) is 23.0 Å². The molecule has 0 aliphatic carbocycles. The number of carbonyl (C=O) groups excluding carboxylic acids is 4. The molecule has 92 heavy (non-hydrogen) atoms. The Morgan fingerprint density at radius 2 is 0.620 bits per heavy atom. The van der Waals surface area contributed by atoms with Crippen molar-refractivity contribution in [2.24, 2.45) is 0 Å². The summed E-state index contributed by atoms with van der Waals surface area (Å²) in [5.41, 5.74) is 5.09. The van der Waals surface area contributed by atoms with Gasteiger partial charge in [0.2, 0.25) is 0 Å². The van der Waals surface area contributed by atoms with Crippen molar-refractivity contribution in [3.8, 4) is 23.0 Å². The van der Waals surface area contributed by atoms with Crippen LogP contribution < -0.4 is 18.9 Å². The molecule has 492 valence electrons. The quantitative estimate of drug-likeness (QED) is 0.0323. The average molecular weight is 1290 g/mol. The first-order valence-electron chi connectivity index (χ1n) is 28.4. The average Bonchev–Trinajstić information content (AvgIpc) is 1.94. The van der Waals surface area contributed by atoms with Gasteiger partial charge in [-0.3, -0.25) is 19.2 Å². The van der Waals surface area contributed by atoms with Gasteiger partial charge in [0.05, 0.1) is 57.7 Å². The number of esters is 4. The van der Waals surface area contributed by atoms with Crippen LogP contribution in [0, 0.1) is 36.0 Å². The van der Waals surface area contributed by atoms with Gasteiger partial charge in [-0.05, 0) is 176 Å². The zero-order valence-corrected chi connectivity index (χ0v) is 50.2. The highest BCUT2D eigenvalue weighted by Gasteiger charge is 2.34. The Balaban J connectivity index is 0.000000318. The molecule has 20 heteroatoms. The minimum atomic E-state index is -4.63. The summed E-state index contributed by atoms with van der Waals surface area (Å²) in [5, 5.41) is 0. The largest absolute Gasteiger partial charge is 0.489 e. The normalized spacial score (nSPS) is 10.3. The SMILES string of the molecule is C.C.CCOC(=O)Cc1ccc(OCc2ccc(F)cc2)cc1.CCOC(=O)Cc1ccc(OCc2ccc(F)cc2)cc1C.CCOC(=O)Cc1ccc(OCc2ccc(F)cc2)cc1C(F)(F)F.CCOC(=O)Cc1ccc(OCc2ccc(F)cc2)cc1F.